The highest BCUT2D eigenvalue weighted by molar-refractivity contribution is 7.92. The van der Waals surface area contributed by atoms with Gasteiger partial charge in [-0.1, -0.05) is 36.4 Å². The third-order valence-corrected chi connectivity index (χ3v) is 6.29. The molecule has 0 atom stereocenters. The molecule has 0 aromatic heterocycles. The van der Waals surface area contributed by atoms with Crippen molar-refractivity contribution in [2.45, 2.75) is 19.4 Å². The van der Waals surface area contributed by atoms with Gasteiger partial charge in [0.1, 0.15) is 11.4 Å². The molecule has 0 fully saturated rings. The van der Waals surface area contributed by atoms with Crippen molar-refractivity contribution in [3.05, 3.63) is 76.3 Å². The predicted molar refractivity (Wildman–Crippen MR) is 127 cm³/mol. The number of anilines is 1. The minimum absolute atomic E-state index is 0.0280. The summed E-state index contributed by atoms with van der Waals surface area (Å²) in [4.78, 5) is 22.8. The summed E-state index contributed by atoms with van der Waals surface area (Å²) >= 11 is 0. The van der Waals surface area contributed by atoms with E-state index in [9.17, 15) is 23.3 Å². The molecule has 0 aliphatic rings. The van der Waals surface area contributed by atoms with E-state index >= 15 is 0 Å². The standard InChI is InChI=1S/C23H25N3O6S/c1-32-22-12-11-20(26(28)29)15-21(22)25(33(2,30)31)13-5-8-23(27)24-16-17-9-10-18-6-3-4-7-19(18)14-17/h3-4,6-7,9-12,14-15H,5,8,13,16H2,1-2H3,(H,24,27). The molecule has 0 saturated carbocycles. The number of benzene rings is 3. The molecule has 3 aromatic rings. The number of hydrogen-bond acceptors (Lipinski definition) is 6. The summed E-state index contributed by atoms with van der Waals surface area (Å²) in [5.74, 6) is -0.0330. The molecule has 0 aliphatic carbocycles. The first-order valence-electron chi connectivity index (χ1n) is 10.2. The SMILES string of the molecule is COc1ccc([N+](=O)[O-])cc1N(CCCC(=O)NCc1ccc2ccccc2c1)S(C)(=O)=O. The molecule has 0 heterocycles. The Kier molecular flexibility index (Phi) is 7.49. The lowest BCUT2D eigenvalue weighted by Crippen LogP contribution is -2.32. The monoisotopic (exact) mass is 471 g/mol. The smallest absolute Gasteiger partial charge is 0.271 e. The van der Waals surface area contributed by atoms with Crippen LogP contribution in [0.5, 0.6) is 5.75 Å². The van der Waals surface area contributed by atoms with Crippen molar-refractivity contribution >= 4 is 38.1 Å². The largest absolute Gasteiger partial charge is 0.495 e. The predicted octanol–water partition coefficient (Wildman–Crippen LogP) is 3.62. The van der Waals surface area contributed by atoms with E-state index in [-0.39, 0.29) is 42.4 Å². The van der Waals surface area contributed by atoms with Crippen molar-refractivity contribution in [1.82, 2.24) is 5.32 Å². The fraction of sp³-hybridized carbons (Fsp3) is 0.261. The Morgan fingerprint density at radius 2 is 1.82 bits per heavy atom. The van der Waals surface area contributed by atoms with E-state index in [2.05, 4.69) is 5.32 Å². The lowest BCUT2D eigenvalue weighted by atomic mass is 10.1. The van der Waals surface area contributed by atoms with E-state index in [1.807, 2.05) is 42.5 Å². The number of carbonyl (C=O) groups is 1. The van der Waals surface area contributed by atoms with Crippen LogP contribution < -0.4 is 14.4 Å². The van der Waals surface area contributed by atoms with Crippen LogP contribution in [0.25, 0.3) is 10.8 Å². The summed E-state index contributed by atoms with van der Waals surface area (Å²) in [6.07, 6.45) is 1.32. The maximum absolute atomic E-state index is 12.4. The van der Waals surface area contributed by atoms with Crippen LogP contribution in [0, 0.1) is 10.1 Å². The second kappa shape index (κ2) is 10.3. The average Bonchev–Trinajstić information content (AvgIpc) is 2.79. The highest BCUT2D eigenvalue weighted by atomic mass is 32.2. The molecule has 1 N–H and O–H groups in total. The Bertz CT molecular complexity index is 1280. The van der Waals surface area contributed by atoms with Gasteiger partial charge >= 0.3 is 0 Å². The van der Waals surface area contributed by atoms with Gasteiger partial charge in [-0.2, -0.15) is 0 Å². The van der Waals surface area contributed by atoms with E-state index in [1.54, 1.807) is 0 Å². The minimum atomic E-state index is -3.77. The Morgan fingerprint density at radius 1 is 1.09 bits per heavy atom. The summed E-state index contributed by atoms with van der Waals surface area (Å²) < 4.78 is 31.0. The maximum Gasteiger partial charge on any atom is 0.271 e. The van der Waals surface area contributed by atoms with Gasteiger partial charge in [-0.05, 0) is 34.9 Å². The molecule has 3 aromatic carbocycles. The summed E-state index contributed by atoms with van der Waals surface area (Å²) in [6, 6.07) is 17.6. The van der Waals surface area contributed by atoms with Gasteiger partial charge < -0.3 is 10.1 Å². The number of rotatable bonds is 10. The molecule has 9 nitrogen and oxygen atoms in total. The van der Waals surface area contributed by atoms with Crippen LogP contribution in [0.4, 0.5) is 11.4 Å². The van der Waals surface area contributed by atoms with Crippen LogP contribution in [0.1, 0.15) is 18.4 Å². The van der Waals surface area contributed by atoms with Gasteiger partial charge in [-0.15, -0.1) is 0 Å². The molecule has 0 saturated heterocycles. The number of sulfonamides is 1. The van der Waals surface area contributed by atoms with Gasteiger partial charge in [-0.25, -0.2) is 8.42 Å². The summed E-state index contributed by atoms with van der Waals surface area (Å²) in [5, 5.41) is 16.2. The fourth-order valence-corrected chi connectivity index (χ4v) is 4.43. The number of amides is 1. The first kappa shape index (κ1) is 24.0. The van der Waals surface area contributed by atoms with Crippen molar-refractivity contribution in [1.29, 1.82) is 0 Å². The number of fused-ring (bicyclic) bond motifs is 1. The van der Waals surface area contributed by atoms with Crippen LogP contribution >= 0.6 is 0 Å². The van der Waals surface area contributed by atoms with Gasteiger partial charge in [-0.3, -0.25) is 19.2 Å². The number of non-ortho nitro benzene ring substituents is 1. The van der Waals surface area contributed by atoms with Crippen LogP contribution in [0.3, 0.4) is 0 Å². The molecular formula is C23H25N3O6S. The van der Waals surface area contributed by atoms with Crippen LogP contribution in [-0.2, 0) is 21.4 Å². The molecular weight excluding hydrogens is 446 g/mol. The highest BCUT2D eigenvalue weighted by Gasteiger charge is 2.24. The van der Waals surface area contributed by atoms with Crippen molar-refractivity contribution in [3.8, 4) is 5.75 Å². The third kappa shape index (κ3) is 6.19. The molecule has 0 unspecified atom stereocenters. The van der Waals surface area contributed by atoms with E-state index in [4.69, 9.17) is 4.74 Å². The fourth-order valence-electron chi connectivity index (χ4n) is 3.47. The molecule has 0 aliphatic heterocycles. The van der Waals surface area contributed by atoms with E-state index in [0.29, 0.717) is 6.54 Å². The molecule has 174 valence electrons. The summed E-state index contributed by atoms with van der Waals surface area (Å²) in [7, 11) is -2.42. The van der Waals surface area contributed by atoms with Crippen molar-refractivity contribution in [2.24, 2.45) is 0 Å². The summed E-state index contributed by atoms with van der Waals surface area (Å²) in [5.41, 5.74) is 0.763. The van der Waals surface area contributed by atoms with Gasteiger partial charge in [0.2, 0.25) is 15.9 Å². The normalized spacial score (nSPS) is 11.2. The zero-order valence-corrected chi connectivity index (χ0v) is 19.2. The minimum Gasteiger partial charge on any atom is -0.495 e. The van der Waals surface area contributed by atoms with Gasteiger partial charge in [0.25, 0.3) is 5.69 Å². The zero-order valence-electron chi connectivity index (χ0n) is 18.4. The molecule has 33 heavy (non-hydrogen) atoms. The lowest BCUT2D eigenvalue weighted by Gasteiger charge is -2.24. The molecule has 0 radical (unpaired) electrons. The average molecular weight is 472 g/mol. The van der Waals surface area contributed by atoms with Crippen LogP contribution in [0.15, 0.2) is 60.7 Å². The lowest BCUT2D eigenvalue weighted by molar-refractivity contribution is -0.384. The number of hydrogen-bond donors (Lipinski definition) is 1. The number of methoxy groups -OCH3 is 1. The Balaban J connectivity index is 1.63. The number of carbonyl (C=O) groups excluding carboxylic acids is 1. The molecule has 3 rings (SSSR count). The van der Waals surface area contributed by atoms with Gasteiger partial charge in [0, 0.05) is 31.6 Å². The highest BCUT2D eigenvalue weighted by Crippen LogP contribution is 2.33. The summed E-state index contributed by atoms with van der Waals surface area (Å²) in [6.45, 7) is 0.331. The van der Waals surface area contributed by atoms with Gasteiger partial charge in [0.15, 0.2) is 0 Å². The van der Waals surface area contributed by atoms with Crippen LogP contribution in [-0.4, -0.2) is 39.2 Å². The quantitative estimate of drug-likeness (QED) is 0.356. The van der Waals surface area contributed by atoms with E-state index in [0.717, 1.165) is 33.0 Å². The second-order valence-electron chi connectivity index (χ2n) is 7.51. The molecule has 0 bridgehead atoms. The van der Waals surface area contributed by atoms with Crippen LogP contribution in [0.2, 0.25) is 0 Å². The molecule has 10 heteroatoms. The number of ether oxygens (including phenoxy) is 1. The first-order chi connectivity index (χ1) is 15.7. The van der Waals surface area contributed by atoms with Gasteiger partial charge in [0.05, 0.1) is 18.3 Å². The first-order valence-corrected chi connectivity index (χ1v) is 12.1. The van der Waals surface area contributed by atoms with E-state index < -0.39 is 14.9 Å². The number of nitro benzene ring substituents is 1. The number of nitro groups is 1. The van der Waals surface area contributed by atoms with Crippen molar-refractivity contribution < 1.29 is 22.9 Å². The maximum atomic E-state index is 12.4. The van der Waals surface area contributed by atoms with E-state index in [1.165, 1.54) is 19.2 Å². The Hall–Kier alpha value is -3.66. The Labute approximate surface area is 192 Å². The topological polar surface area (TPSA) is 119 Å². The number of nitrogens with zero attached hydrogens (tertiary/aromatic N) is 2. The molecule has 0 spiro atoms. The Morgan fingerprint density at radius 3 is 2.48 bits per heavy atom. The molecule has 1 amide bonds. The van der Waals surface area contributed by atoms with Crippen molar-refractivity contribution in [3.63, 3.8) is 0 Å². The van der Waals surface area contributed by atoms with Crippen molar-refractivity contribution in [2.75, 3.05) is 24.2 Å². The second-order valence-corrected chi connectivity index (χ2v) is 9.42. The number of nitrogens with one attached hydrogen (secondary N) is 1. The zero-order chi connectivity index (χ0) is 24.0. The third-order valence-electron chi connectivity index (χ3n) is 5.11.